The van der Waals surface area contributed by atoms with Crippen molar-refractivity contribution in [2.24, 2.45) is 0 Å². The van der Waals surface area contributed by atoms with Crippen LogP contribution < -0.4 is 4.90 Å². The molecule has 11 aromatic carbocycles. The zero-order valence-corrected chi connectivity index (χ0v) is 35.4. The number of hydrogen-bond donors (Lipinski definition) is 0. The minimum atomic E-state index is 0.900. The predicted octanol–water partition coefficient (Wildman–Crippen LogP) is 17.5. The van der Waals surface area contributed by atoms with Gasteiger partial charge in [-0.15, -0.1) is 0 Å². The van der Waals surface area contributed by atoms with E-state index in [4.69, 9.17) is 4.42 Å². The molecule has 0 aliphatic heterocycles. The van der Waals surface area contributed by atoms with E-state index in [1.165, 1.54) is 43.4 Å². The number of aromatic nitrogens is 1. The van der Waals surface area contributed by atoms with Crippen LogP contribution in [0.15, 0.2) is 247 Å². The first-order chi connectivity index (χ1) is 32.3. The van der Waals surface area contributed by atoms with E-state index in [1.54, 1.807) is 0 Å². The molecule has 0 unspecified atom stereocenters. The van der Waals surface area contributed by atoms with E-state index in [1.807, 2.05) is 6.07 Å². The molecule has 0 aliphatic carbocycles. The molecule has 65 heavy (non-hydrogen) atoms. The number of nitrogens with zero attached hydrogens (tertiary/aromatic N) is 2. The first-order valence-electron chi connectivity index (χ1n) is 22.3. The van der Waals surface area contributed by atoms with Crippen molar-refractivity contribution >= 4 is 82.4 Å². The number of hydrogen-bond acceptors (Lipinski definition) is 2. The minimum Gasteiger partial charge on any atom is -0.455 e. The molecule has 0 saturated heterocycles. The fraction of sp³-hybridized carbons (Fsp3) is 0. The zero-order chi connectivity index (χ0) is 42.8. The molecule has 3 nitrogen and oxygen atoms in total. The third-order valence-electron chi connectivity index (χ3n) is 13.2. The Kier molecular flexibility index (Phi) is 8.53. The molecule has 0 bridgehead atoms. The highest BCUT2D eigenvalue weighted by Gasteiger charge is 2.21. The van der Waals surface area contributed by atoms with Crippen molar-refractivity contribution in [2.75, 3.05) is 4.90 Å². The Morgan fingerprint density at radius 3 is 1.68 bits per heavy atom. The normalized spacial score (nSPS) is 11.7. The second-order valence-electron chi connectivity index (χ2n) is 16.8. The summed E-state index contributed by atoms with van der Waals surface area (Å²) >= 11 is 0. The Morgan fingerprint density at radius 2 is 0.892 bits per heavy atom. The molecule has 2 heterocycles. The molecule has 0 saturated carbocycles. The predicted molar refractivity (Wildman–Crippen MR) is 274 cm³/mol. The molecular formula is C62H40N2O. The number of fused-ring (bicyclic) bond motifs is 9. The lowest BCUT2D eigenvalue weighted by Crippen LogP contribution is -2.11. The summed E-state index contributed by atoms with van der Waals surface area (Å²) in [5, 5.41) is 9.61. The SMILES string of the molecule is c1cc(-c2ccccc2-n2c3ccccc3c3ccccc32)cc(N(c2ccc(-c3ccccc3-c3cccc4c3oc3ccccc34)cc2)c2cc3ccccc3c3ccccc23)c1. The van der Waals surface area contributed by atoms with Gasteiger partial charge in [-0.3, -0.25) is 0 Å². The van der Waals surface area contributed by atoms with Gasteiger partial charge in [0.15, 0.2) is 0 Å². The Morgan fingerprint density at radius 1 is 0.323 bits per heavy atom. The first-order valence-corrected chi connectivity index (χ1v) is 22.3. The van der Waals surface area contributed by atoms with E-state index < -0.39 is 0 Å². The van der Waals surface area contributed by atoms with Crippen molar-refractivity contribution in [3.63, 3.8) is 0 Å². The molecule has 0 atom stereocenters. The molecule has 2 aromatic heterocycles. The fourth-order valence-electron chi connectivity index (χ4n) is 10.3. The van der Waals surface area contributed by atoms with E-state index >= 15 is 0 Å². The summed E-state index contributed by atoms with van der Waals surface area (Å²) in [6.45, 7) is 0. The lowest BCUT2D eigenvalue weighted by Gasteiger charge is -2.28. The van der Waals surface area contributed by atoms with E-state index in [-0.39, 0.29) is 0 Å². The van der Waals surface area contributed by atoms with E-state index in [2.05, 4.69) is 246 Å². The van der Waals surface area contributed by atoms with Crippen LogP contribution in [-0.4, -0.2) is 4.57 Å². The maximum atomic E-state index is 6.54. The van der Waals surface area contributed by atoms with Gasteiger partial charge in [0, 0.05) is 49.4 Å². The van der Waals surface area contributed by atoms with Crippen molar-refractivity contribution in [3.05, 3.63) is 243 Å². The van der Waals surface area contributed by atoms with Gasteiger partial charge >= 0.3 is 0 Å². The van der Waals surface area contributed by atoms with Crippen LogP contribution >= 0.6 is 0 Å². The van der Waals surface area contributed by atoms with E-state index in [0.29, 0.717) is 0 Å². The number of benzene rings is 11. The molecule has 0 radical (unpaired) electrons. The fourth-order valence-corrected chi connectivity index (χ4v) is 10.3. The van der Waals surface area contributed by atoms with Crippen LogP contribution in [0.3, 0.4) is 0 Å². The van der Waals surface area contributed by atoms with Crippen LogP contribution in [0.5, 0.6) is 0 Å². The van der Waals surface area contributed by atoms with Gasteiger partial charge < -0.3 is 13.9 Å². The van der Waals surface area contributed by atoms with Crippen molar-refractivity contribution in [3.8, 4) is 39.1 Å². The largest absolute Gasteiger partial charge is 0.455 e. The van der Waals surface area contributed by atoms with Gasteiger partial charge in [-0.25, -0.2) is 0 Å². The summed E-state index contributed by atoms with van der Waals surface area (Å²) in [7, 11) is 0. The number of anilines is 3. The first kappa shape index (κ1) is 36.9. The van der Waals surface area contributed by atoms with Gasteiger partial charge in [0.2, 0.25) is 0 Å². The van der Waals surface area contributed by atoms with Crippen LogP contribution in [0.1, 0.15) is 0 Å². The quantitative estimate of drug-likeness (QED) is 0.149. The van der Waals surface area contributed by atoms with E-state index in [0.717, 1.165) is 78.1 Å². The molecule has 304 valence electrons. The Labute approximate surface area is 376 Å². The van der Waals surface area contributed by atoms with Crippen LogP contribution in [0.25, 0.3) is 104 Å². The third-order valence-corrected chi connectivity index (χ3v) is 13.2. The third kappa shape index (κ3) is 5.97. The molecule has 13 aromatic rings. The van der Waals surface area contributed by atoms with Crippen molar-refractivity contribution in [1.29, 1.82) is 0 Å². The lowest BCUT2D eigenvalue weighted by molar-refractivity contribution is 0.670. The minimum absolute atomic E-state index is 0.900. The zero-order valence-electron chi connectivity index (χ0n) is 35.4. The summed E-state index contributed by atoms with van der Waals surface area (Å²) in [6, 6.07) is 87.7. The van der Waals surface area contributed by atoms with E-state index in [9.17, 15) is 0 Å². The monoisotopic (exact) mass is 828 g/mol. The summed E-state index contributed by atoms with van der Waals surface area (Å²) in [5.74, 6) is 0. The van der Waals surface area contributed by atoms with Gasteiger partial charge in [-0.2, -0.15) is 0 Å². The smallest absolute Gasteiger partial charge is 0.143 e. The van der Waals surface area contributed by atoms with Gasteiger partial charge in [0.25, 0.3) is 0 Å². The van der Waals surface area contributed by atoms with Crippen molar-refractivity contribution in [1.82, 2.24) is 4.57 Å². The van der Waals surface area contributed by atoms with Gasteiger partial charge in [-0.05, 0) is 93.0 Å². The van der Waals surface area contributed by atoms with Crippen LogP contribution in [0.2, 0.25) is 0 Å². The molecular weight excluding hydrogens is 789 g/mol. The Balaban J connectivity index is 0.985. The Bertz CT molecular complexity index is 3910. The molecule has 0 spiro atoms. The molecule has 0 aliphatic rings. The second kappa shape index (κ2) is 15.0. The van der Waals surface area contributed by atoms with Crippen molar-refractivity contribution in [2.45, 2.75) is 0 Å². The standard InChI is InChI=1S/C62H40N2O/c1-2-21-47-43(17-1)40-60(51-25-6-5-23-49(47)51)63(44-37-35-41(36-38-44)46-20-3-4-24-50(46)55-29-16-30-56-54-28-10-14-34-61(54)65-62(55)56)45-19-15-18-42(39-45)48-22-7-11-31-57(48)64-58-32-12-8-26-52(58)53-27-9-13-33-59(53)64/h1-40H. The molecule has 0 N–H and O–H groups in total. The van der Waals surface area contributed by atoms with Gasteiger partial charge in [-0.1, -0.05) is 188 Å². The average Bonchev–Trinajstić information content (AvgIpc) is 3.93. The molecule has 0 fully saturated rings. The number of para-hydroxylation sites is 5. The topological polar surface area (TPSA) is 21.3 Å². The summed E-state index contributed by atoms with van der Waals surface area (Å²) in [4.78, 5) is 2.44. The van der Waals surface area contributed by atoms with Crippen molar-refractivity contribution < 1.29 is 4.42 Å². The van der Waals surface area contributed by atoms with Crippen LogP contribution in [0, 0.1) is 0 Å². The maximum absolute atomic E-state index is 6.54. The van der Waals surface area contributed by atoms with Gasteiger partial charge in [0.1, 0.15) is 11.2 Å². The Hall–Kier alpha value is -8.66. The summed E-state index contributed by atoms with van der Waals surface area (Å²) in [5.41, 5.74) is 15.4. The molecule has 3 heteroatoms. The average molecular weight is 829 g/mol. The van der Waals surface area contributed by atoms with Crippen LogP contribution in [-0.2, 0) is 0 Å². The number of rotatable bonds is 7. The van der Waals surface area contributed by atoms with Gasteiger partial charge in [0.05, 0.1) is 22.4 Å². The second-order valence-corrected chi connectivity index (χ2v) is 16.8. The highest BCUT2D eigenvalue weighted by molar-refractivity contribution is 6.15. The van der Waals surface area contributed by atoms with Crippen LogP contribution in [0.4, 0.5) is 17.1 Å². The lowest BCUT2D eigenvalue weighted by atomic mass is 9.93. The maximum Gasteiger partial charge on any atom is 0.143 e. The highest BCUT2D eigenvalue weighted by atomic mass is 16.3. The molecule has 13 rings (SSSR count). The highest BCUT2D eigenvalue weighted by Crippen LogP contribution is 2.45. The summed E-state index contributed by atoms with van der Waals surface area (Å²) < 4.78 is 8.97. The number of furan rings is 1. The summed E-state index contributed by atoms with van der Waals surface area (Å²) in [6.07, 6.45) is 0. The molecule has 0 amide bonds.